The van der Waals surface area contributed by atoms with Crippen molar-refractivity contribution < 1.29 is 9.53 Å². The van der Waals surface area contributed by atoms with Crippen LogP contribution >= 0.6 is 15.9 Å². The zero-order valence-electron chi connectivity index (χ0n) is 11.5. The van der Waals surface area contributed by atoms with E-state index in [4.69, 9.17) is 4.74 Å². The first-order valence-corrected chi connectivity index (χ1v) is 7.16. The van der Waals surface area contributed by atoms with Crippen LogP contribution in [0.3, 0.4) is 0 Å². The van der Waals surface area contributed by atoms with Crippen LogP contribution in [0.2, 0.25) is 0 Å². The third kappa shape index (κ3) is 2.96. The predicted octanol–water partition coefficient (Wildman–Crippen LogP) is 2.48. The number of aromatic nitrogens is 3. The highest BCUT2D eigenvalue weighted by atomic mass is 79.9. The number of hydrogen-bond acceptors (Lipinski definition) is 4. The van der Waals surface area contributed by atoms with Crippen LogP contribution in [0.25, 0.3) is 0 Å². The van der Waals surface area contributed by atoms with Gasteiger partial charge in [-0.05, 0) is 34.0 Å². The first kappa shape index (κ1) is 14.9. The quantitative estimate of drug-likeness (QED) is 0.760. The molecule has 0 bridgehead atoms. The normalized spacial score (nSPS) is 10.8. The summed E-state index contributed by atoms with van der Waals surface area (Å²) in [7, 11) is 1.62. The standard InChI is InChI=1S/C14H16BrN3O2/c1-3-10-8-16-5-4-11(10)14(19)13-12(15)9-17-18(13)6-7-20-2/h4-5,8-9H,3,6-7H2,1-2H3. The average Bonchev–Trinajstić information content (AvgIpc) is 2.85. The molecule has 2 aromatic heterocycles. The van der Waals surface area contributed by atoms with Crippen LogP contribution in [0.1, 0.15) is 28.5 Å². The van der Waals surface area contributed by atoms with Gasteiger partial charge in [0, 0.05) is 25.1 Å². The van der Waals surface area contributed by atoms with Crippen molar-refractivity contribution in [3.8, 4) is 0 Å². The zero-order chi connectivity index (χ0) is 14.5. The minimum atomic E-state index is -0.0512. The zero-order valence-corrected chi connectivity index (χ0v) is 13.1. The van der Waals surface area contributed by atoms with Gasteiger partial charge in [-0.1, -0.05) is 6.92 Å². The van der Waals surface area contributed by atoms with Gasteiger partial charge in [0.15, 0.2) is 0 Å². The Labute approximate surface area is 126 Å². The fourth-order valence-electron chi connectivity index (χ4n) is 1.99. The molecule has 0 fully saturated rings. The number of nitrogens with zero attached hydrogens (tertiary/aromatic N) is 3. The second kappa shape index (κ2) is 6.76. The summed E-state index contributed by atoms with van der Waals surface area (Å²) >= 11 is 3.39. The summed E-state index contributed by atoms with van der Waals surface area (Å²) in [6.45, 7) is 3.05. The van der Waals surface area contributed by atoms with Gasteiger partial charge in [0.2, 0.25) is 5.78 Å². The second-order valence-corrected chi connectivity index (χ2v) is 5.13. The molecule has 2 rings (SSSR count). The molecule has 6 heteroatoms. The Hall–Kier alpha value is -1.53. The van der Waals surface area contributed by atoms with Gasteiger partial charge >= 0.3 is 0 Å². The van der Waals surface area contributed by atoms with E-state index in [1.165, 1.54) is 0 Å². The molecule has 0 unspecified atom stereocenters. The summed E-state index contributed by atoms with van der Waals surface area (Å²) in [6, 6.07) is 1.75. The lowest BCUT2D eigenvalue weighted by atomic mass is 10.0. The third-order valence-electron chi connectivity index (χ3n) is 3.05. The minimum Gasteiger partial charge on any atom is -0.383 e. The molecule has 0 saturated carbocycles. The Morgan fingerprint density at radius 3 is 2.95 bits per heavy atom. The van der Waals surface area contributed by atoms with Gasteiger partial charge in [-0.2, -0.15) is 5.10 Å². The largest absolute Gasteiger partial charge is 0.383 e. The van der Waals surface area contributed by atoms with Crippen LogP contribution in [0.15, 0.2) is 29.1 Å². The minimum absolute atomic E-state index is 0.0512. The molecule has 20 heavy (non-hydrogen) atoms. The number of carbonyl (C=O) groups is 1. The topological polar surface area (TPSA) is 57.0 Å². The van der Waals surface area contributed by atoms with E-state index in [9.17, 15) is 4.79 Å². The van der Waals surface area contributed by atoms with Crippen LogP contribution in [0, 0.1) is 0 Å². The maximum Gasteiger partial charge on any atom is 0.212 e. The number of aryl methyl sites for hydroxylation is 1. The molecular formula is C14H16BrN3O2. The van der Waals surface area contributed by atoms with E-state index in [2.05, 4.69) is 26.0 Å². The number of ketones is 1. The Balaban J connectivity index is 2.40. The van der Waals surface area contributed by atoms with E-state index in [1.54, 1.807) is 36.4 Å². The Morgan fingerprint density at radius 2 is 2.25 bits per heavy atom. The summed E-state index contributed by atoms with van der Waals surface area (Å²) in [5.41, 5.74) is 2.15. The molecule has 0 saturated heterocycles. The summed E-state index contributed by atoms with van der Waals surface area (Å²) in [5, 5.41) is 4.21. The van der Waals surface area contributed by atoms with Crippen LogP contribution in [0.4, 0.5) is 0 Å². The smallest absolute Gasteiger partial charge is 0.212 e. The van der Waals surface area contributed by atoms with Gasteiger partial charge in [-0.25, -0.2) is 0 Å². The Bertz CT molecular complexity index is 610. The van der Waals surface area contributed by atoms with Gasteiger partial charge in [-0.3, -0.25) is 14.5 Å². The molecule has 0 aliphatic carbocycles. The maximum absolute atomic E-state index is 12.7. The molecule has 0 N–H and O–H groups in total. The van der Waals surface area contributed by atoms with Crippen molar-refractivity contribution >= 4 is 21.7 Å². The van der Waals surface area contributed by atoms with E-state index in [0.717, 1.165) is 12.0 Å². The number of carbonyl (C=O) groups excluding carboxylic acids is 1. The predicted molar refractivity (Wildman–Crippen MR) is 78.9 cm³/mol. The average molecular weight is 338 g/mol. The van der Waals surface area contributed by atoms with Crippen molar-refractivity contribution in [2.45, 2.75) is 19.9 Å². The van der Waals surface area contributed by atoms with E-state index in [1.807, 2.05) is 6.92 Å². The number of hydrogen-bond donors (Lipinski definition) is 0. The van der Waals surface area contributed by atoms with E-state index >= 15 is 0 Å². The fourth-order valence-corrected chi connectivity index (χ4v) is 2.47. The van der Waals surface area contributed by atoms with Gasteiger partial charge in [0.05, 0.1) is 23.8 Å². The molecule has 106 valence electrons. The summed E-state index contributed by atoms with van der Waals surface area (Å²) < 4.78 is 7.40. The lowest BCUT2D eigenvalue weighted by Gasteiger charge is -2.09. The molecule has 0 aliphatic rings. The highest BCUT2D eigenvalue weighted by Crippen LogP contribution is 2.21. The van der Waals surface area contributed by atoms with Crippen LogP contribution in [0.5, 0.6) is 0 Å². The van der Waals surface area contributed by atoms with E-state index in [0.29, 0.717) is 28.9 Å². The molecule has 2 aromatic rings. The molecule has 2 heterocycles. The Kier molecular flexibility index (Phi) is 5.03. The number of halogens is 1. The van der Waals surface area contributed by atoms with Gasteiger partial charge in [-0.15, -0.1) is 0 Å². The van der Waals surface area contributed by atoms with Crippen molar-refractivity contribution in [3.63, 3.8) is 0 Å². The van der Waals surface area contributed by atoms with E-state index in [-0.39, 0.29) is 5.78 Å². The van der Waals surface area contributed by atoms with Crippen LogP contribution < -0.4 is 0 Å². The molecule has 0 radical (unpaired) electrons. The molecule has 0 spiro atoms. The monoisotopic (exact) mass is 337 g/mol. The van der Waals surface area contributed by atoms with Crippen molar-refractivity contribution in [2.24, 2.45) is 0 Å². The number of ether oxygens (including phenoxy) is 1. The molecular weight excluding hydrogens is 322 g/mol. The first-order valence-electron chi connectivity index (χ1n) is 6.36. The van der Waals surface area contributed by atoms with Crippen LogP contribution in [-0.2, 0) is 17.7 Å². The van der Waals surface area contributed by atoms with Crippen molar-refractivity contribution in [3.05, 3.63) is 46.0 Å². The first-order chi connectivity index (χ1) is 9.69. The number of rotatable bonds is 6. The fraction of sp³-hybridized carbons (Fsp3) is 0.357. The molecule has 0 amide bonds. The molecule has 0 aliphatic heterocycles. The SMILES string of the molecule is CCc1cnccc1C(=O)c1c(Br)cnn1CCOC. The van der Waals surface area contributed by atoms with Gasteiger partial charge < -0.3 is 4.74 Å². The summed E-state index contributed by atoms with van der Waals surface area (Å²) in [4.78, 5) is 16.8. The maximum atomic E-state index is 12.7. The lowest BCUT2D eigenvalue weighted by Crippen LogP contribution is -2.16. The van der Waals surface area contributed by atoms with Crippen molar-refractivity contribution in [1.82, 2.24) is 14.8 Å². The molecule has 0 atom stereocenters. The van der Waals surface area contributed by atoms with Crippen LogP contribution in [-0.4, -0.2) is 34.3 Å². The molecule has 0 aromatic carbocycles. The lowest BCUT2D eigenvalue weighted by molar-refractivity contribution is 0.102. The highest BCUT2D eigenvalue weighted by molar-refractivity contribution is 9.10. The number of methoxy groups -OCH3 is 1. The number of pyridine rings is 1. The van der Waals surface area contributed by atoms with E-state index < -0.39 is 0 Å². The summed E-state index contributed by atoms with van der Waals surface area (Å²) in [6.07, 6.45) is 5.77. The third-order valence-corrected chi connectivity index (χ3v) is 3.63. The van der Waals surface area contributed by atoms with Crippen molar-refractivity contribution in [2.75, 3.05) is 13.7 Å². The van der Waals surface area contributed by atoms with Gasteiger partial charge in [0.1, 0.15) is 5.69 Å². The highest BCUT2D eigenvalue weighted by Gasteiger charge is 2.20. The second-order valence-electron chi connectivity index (χ2n) is 4.27. The van der Waals surface area contributed by atoms with Crippen molar-refractivity contribution in [1.29, 1.82) is 0 Å². The van der Waals surface area contributed by atoms with Gasteiger partial charge in [0.25, 0.3) is 0 Å². The summed E-state index contributed by atoms with van der Waals surface area (Å²) in [5.74, 6) is -0.0512. The Morgan fingerprint density at radius 1 is 1.45 bits per heavy atom. The molecule has 5 nitrogen and oxygen atoms in total.